The molecule has 0 aliphatic rings. The normalized spacial score (nSPS) is 10.3. The van der Waals surface area contributed by atoms with E-state index in [4.69, 9.17) is 9.15 Å². The molecule has 0 unspecified atom stereocenters. The lowest BCUT2D eigenvalue weighted by atomic mass is 10.2. The zero-order valence-electron chi connectivity index (χ0n) is 8.56. The van der Waals surface area contributed by atoms with Gasteiger partial charge in [-0.15, -0.1) is 0 Å². The Labute approximate surface area is 87.1 Å². The molecule has 0 saturated heterocycles. The SMILES string of the molecule is Cc1cn(C)c(OC=O)c1-c1ccco1. The molecular formula is C11H11NO3. The number of nitrogens with zero attached hydrogens (tertiary/aromatic N) is 1. The van der Waals surface area contributed by atoms with Gasteiger partial charge in [-0.05, 0) is 24.6 Å². The van der Waals surface area contributed by atoms with E-state index >= 15 is 0 Å². The van der Waals surface area contributed by atoms with Gasteiger partial charge in [0, 0.05) is 13.2 Å². The Bertz CT molecular complexity index is 468. The zero-order chi connectivity index (χ0) is 10.8. The second kappa shape index (κ2) is 3.65. The molecule has 4 heteroatoms. The van der Waals surface area contributed by atoms with Gasteiger partial charge in [-0.25, -0.2) is 0 Å². The maximum atomic E-state index is 10.4. The second-order valence-electron chi connectivity index (χ2n) is 3.29. The highest BCUT2D eigenvalue weighted by atomic mass is 16.5. The highest BCUT2D eigenvalue weighted by molar-refractivity contribution is 5.70. The van der Waals surface area contributed by atoms with E-state index in [1.165, 1.54) is 0 Å². The summed E-state index contributed by atoms with van der Waals surface area (Å²) in [5.41, 5.74) is 1.82. The van der Waals surface area contributed by atoms with Crippen molar-refractivity contribution >= 4 is 6.47 Å². The quantitative estimate of drug-likeness (QED) is 0.721. The van der Waals surface area contributed by atoms with Gasteiger partial charge in [0.1, 0.15) is 5.76 Å². The minimum absolute atomic E-state index is 0.418. The summed E-state index contributed by atoms with van der Waals surface area (Å²) < 4.78 is 12.0. The van der Waals surface area contributed by atoms with Gasteiger partial charge in [0.15, 0.2) is 0 Å². The third-order valence-electron chi connectivity index (χ3n) is 2.24. The number of furan rings is 1. The van der Waals surface area contributed by atoms with Crippen molar-refractivity contribution in [1.29, 1.82) is 0 Å². The lowest BCUT2D eigenvalue weighted by Crippen LogP contribution is -1.96. The van der Waals surface area contributed by atoms with Crippen LogP contribution < -0.4 is 4.74 Å². The van der Waals surface area contributed by atoms with E-state index in [0.717, 1.165) is 11.1 Å². The van der Waals surface area contributed by atoms with Crippen LogP contribution in [0.2, 0.25) is 0 Å². The van der Waals surface area contributed by atoms with Crippen molar-refractivity contribution in [3.63, 3.8) is 0 Å². The minimum Gasteiger partial charge on any atom is -0.464 e. The first-order valence-corrected chi connectivity index (χ1v) is 4.54. The maximum Gasteiger partial charge on any atom is 0.299 e. The summed E-state index contributed by atoms with van der Waals surface area (Å²) in [5.74, 6) is 1.20. The smallest absolute Gasteiger partial charge is 0.299 e. The van der Waals surface area contributed by atoms with Crippen molar-refractivity contribution < 1.29 is 13.9 Å². The summed E-state index contributed by atoms with van der Waals surface area (Å²) >= 11 is 0. The molecule has 15 heavy (non-hydrogen) atoms. The summed E-state index contributed by atoms with van der Waals surface area (Å²) in [6.45, 7) is 2.36. The number of hydrogen-bond donors (Lipinski definition) is 0. The molecule has 0 radical (unpaired) electrons. The van der Waals surface area contributed by atoms with E-state index in [0.29, 0.717) is 18.1 Å². The zero-order valence-corrected chi connectivity index (χ0v) is 8.56. The van der Waals surface area contributed by atoms with Gasteiger partial charge in [0.2, 0.25) is 5.88 Å². The van der Waals surface area contributed by atoms with E-state index in [2.05, 4.69) is 0 Å². The van der Waals surface area contributed by atoms with Gasteiger partial charge in [0.05, 0.1) is 11.8 Å². The first-order valence-electron chi connectivity index (χ1n) is 4.54. The number of rotatable bonds is 3. The maximum absolute atomic E-state index is 10.4. The lowest BCUT2D eigenvalue weighted by molar-refractivity contribution is -0.121. The number of carbonyl (C=O) groups is 1. The molecule has 0 N–H and O–H groups in total. The van der Waals surface area contributed by atoms with Crippen molar-refractivity contribution in [2.75, 3.05) is 0 Å². The summed E-state index contributed by atoms with van der Waals surface area (Å²) in [4.78, 5) is 10.4. The summed E-state index contributed by atoms with van der Waals surface area (Å²) in [7, 11) is 1.82. The van der Waals surface area contributed by atoms with Crippen LogP contribution in [0.15, 0.2) is 29.0 Å². The van der Waals surface area contributed by atoms with Crippen LogP contribution in [-0.4, -0.2) is 11.0 Å². The first-order chi connectivity index (χ1) is 7.24. The van der Waals surface area contributed by atoms with Gasteiger partial charge in [-0.3, -0.25) is 4.79 Å². The van der Waals surface area contributed by atoms with Crippen LogP contribution in [0.5, 0.6) is 5.88 Å². The summed E-state index contributed by atoms with van der Waals surface area (Å²) in [5, 5.41) is 0. The standard InChI is InChI=1S/C11H11NO3/c1-8-6-12(2)11(15-7-13)10(8)9-4-3-5-14-9/h3-7H,1-2H3. The van der Waals surface area contributed by atoms with Crippen LogP contribution in [0.4, 0.5) is 0 Å². The van der Waals surface area contributed by atoms with Crippen LogP contribution in [0.1, 0.15) is 5.56 Å². The molecule has 0 amide bonds. The fourth-order valence-corrected chi connectivity index (χ4v) is 1.67. The third kappa shape index (κ3) is 1.54. The molecule has 0 aliphatic heterocycles. The Hall–Kier alpha value is -1.97. The van der Waals surface area contributed by atoms with E-state index in [-0.39, 0.29) is 0 Å². The molecule has 0 fully saturated rings. The number of ether oxygens (including phenoxy) is 1. The fraction of sp³-hybridized carbons (Fsp3) is 0.182. The molecule has 2 aromatic heterocycles. The predicted molar refractivity (Wildman–Crippen MR) is 54.5 cm³/mol. The largest absolute Gasteiger partial charge is 0.464 e. The summed E-state index contributed by atoms with van der Waals surface area (Å²) in [6.07, 6.45) is 3.48. The molecule has 0 aliphatic carbocycles. The van der Waals surface area contributed by atoms with Crippen molar-refractivity contribution in [2.45, 2.75) is 6.92 Å². The Kier molecular flexibility index (Phi) is 2.33. The molecule has 78 valence electrons. The van der Waals surface area contributed by atoms with Crippen molar-refractivity contribution in [2.24, 2.45) is 7.05 Å². The molecular weight excluding hydrogens is 194 g/mol. The minimum atomic E-state index is 0.418. The molecule has 2 heterocycles. The molecule has 0 bridgehead atoms. The molecule has 0 saturated carbocycles. The number of aromatic nitrogens is 1. The molecule has 0 spiro atoms. The molecule has 4 nitrogen and oxygen atoms in total. The predicted octanol–water partition coefficient (Wildman–Crippen LogP) is 2.13. The van der Waals surface area contributed by atoms with Crippen LogP contribution in [0, 0.1) is 6.92 Å². The van der Waals surface area contributed by atoms with E-state index < -0.39 is 0 Å². The Morgan fingerprint density at radius 1 is 1.53 bits per heavy atom. The van der Waals surface area contributed by atoms with Crippen LogP contribution in [0.3, 0.4) is 0 Å². The lowest BCUT2D eigenvalue weighted by Gasteiger charge is -2.02. The average Bonchev–Trinajstić information content (AvgIpc) is 2.77. The molecule has 2 rings (SSSR count). The Morgan fingerprint density at radius 3 is 2.93 bits per heavy atom. The Morgan fingerprint density at radius 2 is 2.33 bits per heavy atom. The molecule has 0 atom stereocenters. The van der Waals surface area contributed by atoms with Crippen LogP contribution in [-0.2, 0) is 11.8 Å². The Balaban J connectivity index is 2.58. The van der Waals surface area contributed by atoms with Gasteiger partial charge < -0.3 is 13.7 Å². The van der Waals surface area contributed by atoms with E-state index in [1.54, 1.807) is 16.9 Å². The molecule has 2 aromatic rings. The van der Waals surface area contributed by atoms with Crippen LogP contribution >= 0.6 is 0 Å². The monoisotopic (exact) mass is 205 g/mol. The van der Waals surface area contributed by atoms with Gasteiger partial charge in [-0.1, -0.05) is 0 Å². The third-order valence-corrected chi connectivity index (χ3v) is 2.24. The van der Waals surface area contributed by atoms with Gasteiger partial charge in [-0.2, -0.15) is 0 Å². The number of hydrogen-bond acceptors (Lipinski definition) is 3. The topological polar surface area (TPSA) is 44.4 Å². The summed E-state index contributed by atoms with van der Waals surface area (Å²) in [6, 6.07) is 3.63. The highest BCUT2D eigenvalue weighted by Gasteiger charge is 2.16. The van der Waals surface area contributed by atoms with E-state index in [1.807, 2.05) is 26.2 Å². The highest BCUT2D eigenvalue weighted by Crippen LogP contribution is 2.34. The van der Waals surface area contributed by atoms with E-state index in [9.17, 15) is 4.79 Å². The van der Waals surface area contributed by atoms with Crippen molar-refractivity contribution in [3.05, 3.63) is 30.2 Å². The first kappa shape index (κ1) is 9.58. The van der Waals surface area contributed by atoms with Crippen molar-refractivity contribution in [3.8, 4) is 17.2 Å². The fourth-order valence-electron chi connectivity index (χ4n) is 1.67. The number of aryl methyl sites for hydroxylation is 2. The number of carbonyl (C=O) groups excluding carboxylic acids is 1. The molecule has 0 aromatic carbocycles. The van der Waals surface area contributed by atoms with Gasteiger partial charge in [0.25, 0.3) is 6.47 Å². The van der Waals surface area contributed by atoms with Gasteiger partial charge >= 0.3 is 0 Å². The average molecular weight is 205 g/mol. The van der Waals surface area contributed by atoms with Crippen LogP contribution in [0.25, 0.3) is 11.3 Å². The second-order valence-corrected chi connectivity index (χ2v) is 3.29. The van der Waals surface area contributed by atoms with Crippen molar-refractivity contribution in [1.82, 2.24) is 4.57 Å².